The third-order valence-electron chi connectivity index (χ3n) is 3.42. The first-order chi connectivity index (χ1) is 11.2. The first-order valence-electron chi connectivity index (χ1n) is 7.44. The number of hydrogen-bond acceptors (Lipinski definition) is 6. The van der Waals surface area contributed by atoms with Crippen LogP contribution in [-0.2, 0) is 4.74 Å². The van der Waals surface area contributed by atoms with Crippen LogP contribution in [0.15, 0.2) is 39.9 Å². The number of nitrogens with zero attached hydrogens (tertiary/aromatic N) is 4. The smallest absolute Gasteiger partial charge is 0.152 e. The van der Waals surface area contributed by atoms with Crippen LogP contribution in [0.3, 0.4) is 0 Å². The van der Waals surface area contributed by atoms with Gasteiger partial charge in [-0.1, -0.05) is 28.1 Å². The molecule has 0 saturated carbocycles. The number of ether oxygens (including phenoxy) is 1. The SMILES string of the molecule is Cc1nc(NN=Cc2ccc(Br)cc2)cc(N2CCOCC2)n1. The van der Waals surface area contributed by atoms with Crippen LogP contribution in [-0.4, -0.2) is 42.5 Å². The summed E-state index contributed by atoms with van der Waals surface area (Å²) < 4.78 is 6.42. The summed E-state index contributed by atoms with van der Waals surface area (Å²) in [6.45, 7) is 5.03. The van der Waals surface area contributed by atoms with Gasteiger partial charge >= 0.3 is 0 Å². The zero-order chi connectivity index (χ0) is 16.1. The number of halogens is 1. The Balaban J connectivity index is 1.69. The largest absolute Gasteiger partial charge is 0.378 e. The van der Waals surface area contributed by atoms with E-state index in [1.165, 1.54) is 0 Å². The van der Waals surface area contributed by atoms with Gasteiger partial charge in [-0.05, 0) is 24.6 Å². The molecule has 1 fully saturated rings. The predicted molar refractivity (Wildman–Crippen MR) is 95.2 cm³/mol. The van der Waals surface area contributed by atoms with Crippen molar-refractivity contribution in [3.8, 4) is 0 Å². The number of rotatable bonds is 4. The average molecular weight is 376 g/mol. The summed E-state index contributed by atoms with van der Waals surface area (Å²) >= 11 is 3.41. The van der Waals surface area contributed by atoms with Crippen LogP contribution in [0.5, 0.6) is 0 Å². The highest BCUT2D eigenvalue weighted by Crippen LogP contribution is 2.17. The zero-order valence-electron chi connectivity index (χ0n) is 12.9. The summed E-state index contributed by atoms with van der Waals surface area (Å²) in [5.74, 6) is 2.31. The van der Waals surface area contributed by atoms with Crippen molar-refractivity contribution in [2.24, 2.45) is 5.10 Å². The third kappa shape index (κ3) is 4.49. The molecule has 0 radical (unpaired) electrons. The highest BCUT2D eigenvalue weighted by molar-refractivity contribution is 9.10. The number of aromatic nitrogens is 2. The lowest BCUT2D eigenvalue weighted by Gasteiger charge is -2.28. The van der Waals surface area contributed by atoms with Crippen molar-refractivity contribution in [2.45, 2.75) is 6.92 Å². The minimum Gasteiger partial charge on any atom is -0.378 e. The second-order valence-electron chi connectivity index (χ2n) is 5.18. The number of benzene rings is 1. The van der Waals surface area contributed by atoms with Gasteiger partial charge in [-0.3, -0.25) is 5.43 Å². The van der Waals surface area contributed by atoms with E-state index in [-0.39, 0.29) is 0 Å². The fourth-order valence-corrected chi connectivity index (χ4v) is 2.55. The third-order valence-corrected chi connectivity index (χ3v) is 3.95. The van der Waals surface area contributed by atoms with Gasteiger partial charge in [0.15, 0.2) is 5.82 Å². The number of anilines is 2. The van der Waals surface area contributed by atoms with Crippen LogP contribution in [0.25, 0.3) is 0 Å². The summed E-state index contributed by atoms with van der Waals surface area (Å²) in [7, 11) is 0. The molecule has 1 N–H and O–H groups in total. The van der Waals surface area contributed by atoms with Crippen LogP contribution in [0, 0.1) is 6.92 Å². The van der Waals surface area contributed by atoms with Gasteiger partial charge in [0.05, 0.1) is 19.4 Å². The molecule has 0 unspecified atom stereocenters. The maximum atomic E-state index is 5.38. The average Bonchev–Trinajstić information content (AvgIpc) is 2.57. The Kier molecular flexibility index (Phi) is 5.19. The van der Waals surface area contributed by atoms with Crippen molar-refractivity contribution in [3.63, 3.8) is 0 Å². The Morgan fingerprint density at radius 1 is 1.22 bits per heavy atom. The van der Waals surface area contributed by atoms with Gasteiger partial charge in [0.2, 0.25) is 0 Å². The number of nitrogens with one attached hydrogen (secondary N) is 1. The Labute approximate surface area is 143 Å². The molecule has 6 nitrogen and oxygen atoms in total. The molecule has 0 bridgehead atoms. The Hall–Kier alpha value is -1.99. The van der Waals surface area contributed by atoms with Crippen molar-refractivity contribution >= 4 is 33.8 Å². The summed E-state index contributed by atoms with van der Waals surface area (Å²) in [6, 6.07) is 9.84. The minimum atomic E-state index is 0.687. The lowest BCUT2D eigenvalue weighted by molar-refractivity contribution is 0.122. The van der Waals surface area contributed by atoms with E-state index in [9.17, 15) is 0 Å². The molecule has 1 aliphatic heterocycles. The molecule has 0 aliphatic carbocycles. The van der Waals surface area contributed by atoms with E-state index < -0.39 is 0 Å². The number of aryl methyl sites for hydroxylation is 1. The van der Waals surface area contributed by atoms with E-state index in [4.69, 9.17) is 4.74 Å². The Bertz CT molecular complexity index is 683. The standard InChI is InChI=1S/C16H18BrN5O/c1-12-19-15(10-16(20-12)22-6-8-23-9-7-22)21-18-11-13-2-4-14(17)5-3-13/h2-5,10-11H,6-9H2,1H3,(H,19,20,21). The van der Waals surface area contributed by atoms with E-state index in [1.807, 2.05) is 37.3 Å². The number of hydrazone groups is 1. The first kappa shape index (κ1) is 15.9. The second-order valence-corrected chi connectivity index (χ2v) is 6.10. The molecule has 23 heavy (non-hydrogen) atoms. The second kappa shape index (κ2) is 7.52. The number of morpholine rings is 1. The molecule has 2 aromatic rings. The quantitative estimate of drug-likeness (QED) is 0.657. The van der Waals surface area contributed by atoms with Crippen molar-refractivity contribution < 1.29 is 4.74 Å². The molecule has 0 amide bonds. The lowest BCUT2D eigenvalue weighted by atomic mass is 10.2. The first-order valence-corrected chi connectivity index (χ1v) is 8.23. The van der Waals surface area contributed by atoms with Gasteiger partial charge in [-0.15, -0.1) is 0 Å². The lowest BCUT2D eigenvalue weighted by Crippen LogP contribution is -2.36. The maximum absolute atomic E-state index is 5.38. The molecule has 1 aromatic heterocycles. The summed E-state index contributed by atoms with van der Waals surface area (Å²) in [6.07, 6.45) is 1.76. The summed E-state index contributed by atoms with van der Waals surface area (Å²) in [5.41, 5.74) is 3.99. The van der Waals surface area contributed by atoms with Crippen LogP contribution in [0.4, 0.5) is 11.6 Å². The molecule has 1 aromatic carbocycles. The molecule has 1 aliphatic rings. The van der Waals surface area contributed by atoms with Gasteiger partial charge in [0.25, 0.3) is 0 Å². The molecular formula is C16H18BrN5O. The normalized spacial score (nSPS) is 15.1. The van der Waals surface area contributed by atoms with E-state index in [0.717, 1.165) is 48.0 Å². The van der Waals surface area contributed by atoms with E-state index in [1.54, 1.807) is 6.21 Å². The monoisotopic (exact) mass is 375 g/mol. The zero-order valence-corrected chi connectivity index (χ0v) is 14.5. The summed E-state index contributed by atoms with van der Waals surface area (Å²) in [4.78, 5) is 11.1. The fourth-order valence-electron chi connectivity index (χ4n) is 2.29. The van der Waals surface area contributed by atoms with E-state index in [2.05, 4.69) is 41.3 Å². The summed E-state index contributed by atoms with van der Waals surface area (Å²) in [5, 5.41) is 4.25. The van der Waals surface area contributed by atoms with Crippen molar-refractivity contribution in [1.29, 1.82) is 0 Å². The molecule has 0 spiro atoms. The Morgan fingerprint density at radius 3 is 2.70 bits per heavy atom. The molecule has 120 valence electrons. The van der Waals surface area contributed by atoms with Crippen LogP contribution < -0.4 is 10.3 Å². The highest BCUT2D eigenvalue weighted by atomic mass is 79.9. The number of hydrogen-bond donors (Lipinski definition) is 1. The predicted octanol–water partition coefficient (Wildman–Crippen LogP) is 2.83. The van der Waals surface area contributed by atoms with Gasteiger partial charge in [-0.25, -0.2) is 9.97 Å². The van der Waals surface area contributed by atoms with Crippen molar-refractivity contribution in [2.75, 3.05) is 36.6 Å². The molecule has 1 saturated heterocycles. The van der Waals surface area contributed by atoms with Crippen LogP contribution in [0.2, 0.25) is 0 Å². The Morgan fingerprint density at radius 2 is 1.96 bits per heavy atom. The minimum absolute atomic E-state index is 0.687. The van der Waals surface area contributed by atoms with Crippen LogP contribution >= 0.6 is 15.9 Å². The molecule has 7 heteroatoms. The van der Waals surface area contributed by atoms with E-state index >= 15 is 0 Å². The van der Waals surface area contributed by atoms with Crippen molar-refractivity contribution in [3.05, 3.63) is 46.2 Å². The van der Waals surface area contributed by atoms with Gasteiger partial charge in [0.1, 0.15) is 11.6 Å². The van der Waals surface area contributed by atoms with Gasteiger partial charge in [-0.2, -0.15) is 5.10 Å². The van der Waals surface area contributed by atoms with Gasteiger partial charge in [0, 0.05) is 23.6 Å². The van der Waals surface area contributed by atoms with Gasteiger partial charge < -0.3 is 9.64 Å². The maximum Gasteiger partial charge on any atom is 0.152 e. The molecular weight excluding hydrogens is 358 g/mol. The van der Waals surface area contributed by atoms with Crippen LogP contribution in [0.1, 0.15) is 11.4 Å². The van der Waals surface area contributed by atoms with E-state index in [0.29, 0.717) is 5.82 Å². The fraction of sp³-hybridized carbons (Fsp3) is 0.312. The molecule has 0 atom stereocenters. The molecule has 3 rings (SSSR count). The molecule has 2 heterocycles. The topological polar surface area (TPSA) is 62.6 Å². The highest BCUT2D eigenvalue weighted by Gasteiger charge is 2.13. The van der Waals surface area contributed by atoms with Crippen molar-refractivity contribution in [1.82, 2.24) is 9.97 Å².